The Kier molecular flexibility index (Phi) is 6.22. The zero-order chi connectivity index (χ0) is 13.4. The molecule has 4 nitrogen and oxygen atoms in total. The molecule has 4 heteroatoms. The maximum atomic E-state index is 11.7. The van der Waals surface area contributed by atoms with E-state index in [1.165, 1.54) is 0 Å². The topological polar surface area (TPSA) is 58.6 Å². The van der Waals surface area contributed by atoms with Gasteiger partial charge in [-0.05, 0) is 37.6 Å². The SMILES string of the molecule is CCCNC(=O)c1ccc(OC(C)CCO)cc1. The number of benzene rings is 1. The Balaban J connectivity index is 2.54. The molecule has 0 aromatic heterocycles. The van der Waals surface area contributed by atoms with Crippen molar-refractivity contribution in [2.75, 3.05) is 13.2 Å². The normalized spacial score (nSPS) is 11.9. The van der Waals surface area contributed by atoms with Gasteiger partial charge in [-0.25, -0.2) is 0 Å². The molecule has 0 radical (unpaired) electrons. The Morgan fingerprint density at radius 3 is 2.61 bits per heavy atom. The number of carbonyl (C=O) groups is 1. The Morgan fingerprint density at radius 2 is 2.06 bits per heavy atom. The first-order valence-electron chi connectivity index (χ1n) is 6.33. The van der Waals surface area contributed by atoms with Crippen molar-refractivity contribution in [2.24, 2.45) is 0 Å². The molecule has 0 bridgehead atoms. The lowest BCUT2D eigenvalue weighted by atomic mass is 10.2. The van der Waals surface area contributed by atoms with Crippen LogP contribution in [0.4, 0.5) is 0 Å². The van der Waals surface area contributed by atoms with Crippen LogP contribution in [0.25, 0.3) is 0 Å². The minimum Gasteiger partial charge on any atom is -0.491 e. The van der Waals surface area contributed by atoms with Gasteiger partial charge in [0.2, 0.25) is 0 Å². The molecule has 0 heterocycles. The molecular formula is C14H21NO3. The summed E-state index contributed by atoms with van der Waals surface area (Å²) < 4.78 is 5.58. The molecule has 2 N–H and O–H groups in total. The highest BCUT2D eigenvalue weighted by atomic mass is 16.5. The Hall–Kier alpha value is -1.55. The summed E-state index contributed by atoms with van der Waals surface area (Å²) >= 11 is 0. The van der Waals surface area contributed by atoms with Crippen LogP contribution >= 0.6 is 0 Å². The molecule has 1 aromatic carbocycles. The largest absolute Gasteiger partial charge is 0.491 e. The summed E-state index contributed by atoms with van der Waals surface area (Å²) in [5, 5.41) is 11.6. The second-order valence-corrected chi connectivity index (χ2v) is 4.22. The lowest BCUT2D eigenvalue weighted by Crippen LogP contribution is -2.23. The monoisotopic (exact) mass is 251 g/mol. The number of aliphatic hydroxyl groups is 1. The fourth-order valence-corrected chi connectivity index (χ4v) is 1.50. The van der Waals surface area contributed by atoms with Gasteiger partial charge in [0.25, 0.3) is 5.91 Å². The predicted octanol–water partition coefficient (Wildman–Crippen LogP) is 1.98. The molecule has 1 unspecified atom stereocenters. The van der Waals surface area contributed by atoms with Crippen LogP contribution in [0.1, 0.15) is 37.0 Å². The van der Waals surface area contributed by atoms with E-state index in [2.05, 4.69) is 5.32 Å². The van der Waals surface area contributed by atoms with E-state index in [1.807, 2.05) is 13.8 Å². The van der Waals surface area contributed by atoms with E-state index in [1.54, 1.807) is 24.3 Å². The first kappa shape index (κ1) is 14.5. The van der Waals surface area contributed by atoms with Crippen molar-refractivity contribution >= 4 is 5.91 Å². The minimum atomic E-state index is -0.0631. The molecule has 1 amide bonds. The Morgan fingerprint density at radius 1 is 1.39 bits per heavy atom. The van der Waals surface area contributed by atoms with Crippen LogP contribution in [-0.2, 0) is 0 Å². The van der Waals surface area contributed by atoms with E-state index in [0.29, 0.717) is 24.3 Å². The van der Waals surface area contributed by atoms with Crippen molar-refractivity contribution in [1.82, 2.24) is 5.32 Å². The van der Waals surface area contributed by atoms with E-state index < -0.39 is 0 Å². The van der Waals surface area contributed by atoms with Gasteiger partial charge in [-0.1, -0.05) is 6.92 Å². The summed E-state index contributed by atoms with van der Waals surface area (Å²) in [6.07, 6.45) is 1.49. The fourth-order valence-electron chi connectivity index (χ4n) is 1.50. The number of nitrogens with one attached hydrogen (secondary N) is 1. The Bertz CT molecular complexity index is 362. The van der Waals surface area contributed by atoms with Gasteiger partial charge < -0.3 is 15.2 Å². The third-order valence-electron chi connectivity index (χ3n) is 2.52. The second-order valence-electron chi connectivity index (χ2n) is 4.22. The highest BCUT2D eigenvalue weighted by molar-refractivity contribution is 5.94. The summed E-state index contributed by atoms with van der Waals surface area (Å²) in [5.41, 5.74) is 0.630. The third kappa shape index (κ3) is 4.75. The Labute approximate surface area is 108 Å². The van der Waals surface area contributed by atoms with Crippen LogP contribution in [-0.4, -0.2) is 30.3 Å². The van der Waals surface area contributed by atoms with E-state index in [0.717, 1.165) is 6.42 Å². The molecule has 0 aliphatic carbocycles. The van der Waals surface area contributed by atoms with Crippen LogP contribution in [0.5, 0.6) is 5.75 Å². The molecule has 0 saturated heterocycles. The van der Waals surface area contributed by atoms with E-state index in [4.69, 9.17) is 9.84 Å². The van der Waals surface area contributed by atoms with E-state index in [-0.39, 0.29) is 18.6 Å². The number of aliphatic hydroxyl groups excluding tert-OH is 1. The summed E-state index contributed by atoms with van der Waals surface area (Å²) in [7, 11) is 0. The van der Waals surface area contributed by atoms with Gasteiger partial charge in [0.05, 0.1) is 6.10 Å². The van der Waals surface area contributed by atoms with Crippen molar-refractivity contribution in [1.29, 1.82) is 0 Å². The van der Waals surface area contributed by atoms with Crippen LogP contribution in [0.2, 0.25) is 0 Å². The van der Waals surface area contributed by atoms with Gasteiger partial charge in [0.15, 0.2) is 0 Å². The molecular weight excluding hydrogens is 230 g/mol. The number of hydrogen-bond acceptors (Lipinski definition) is 3. The molecule has 0 aliphatic rings. The number of carbonyl (C=O) groups excluding carboxylic acids is 1. The highest BCUT2D eigenvalue weighted by Gasteiger charge is 2.06. The van der Waals surface area contributed by atoms with Gasteiger partial charge in [0.1, 0.15) is 5.75 Å². The molecule has 1 atom stereocenters. The molecule has 100 valence electrons. The van der Waals surface area contributed by atoms with Crippen LogP contribution in [0.3, 0.4) is 0 Å². The molecule has 1 rings (SSSR count). The molecule has 1 aromatic rings. The highest BCUT2D eigenvalue weighted by Crippen LogP contribution is 2.14. The lowest BCUT2D eigenvalue weighted by molar-refractivity contribution is 0.0953. The number of hydrogen-bond donors (Lipinski definition) is 2. The first-order valence-corrected chi connectivity index (χ1v) is 6.33. The van der Waals surface area contributed by atoms with Gasteiger partial charge in [-0.15, -0.1) is 0 Å². The molecule has 0 spiro atoms. The zero-order valence-corrected chi connectivity index (χ0v) is 11.0. The third-order valence-corrected chi connectivity index (χ3v) is 2.52. The van der Waals surface area contributed by atoms with Crippen LogP contribution in [0.15, 0.2) is 24.3 Å². The summed E-state index contributed by atoms with van der Waals surface area (Å²) in [5.74, 6) is 0.648. The van der Waals surface area contributed by atoms with Crippen molar-refractivity contribution < 1.29 is 14.6 Å². The van der Waals surface area contributed by atoms with Crippen molar-refractivity contribution in [3.8, 4) is 5.75 Å². The average Bonchev–Trinajstić information content (AvgIpc) is 2.37. The van der Waals surface area contributed by atoms with E-state index >= 15 is 0 Å². The minimum absolute atomic E-state index is 0.0326. The summed E-state index contributed by atoms with van der Waals surface area (Å²) in [6.45, 7) is 4.71. The molecule has 0 saturated carbocycles. The molecule has 18 heavy (non-hydrogen) atoms. The predicted molar refractivity (Wildman–Crippen MR) is 70.9 cm³/mol. The zero-order valence-electron chi connectivity index (χ0n) is 11.0. The lowest BCUT2D eigenvalue weighted by Gasteiger charge is -2.13. The van der Waals surface area contributed by atoms with E-state index in [9.17, 15) is 4.79 Å². The quantitative estimate of drug-likeness (QED) is 0.779. The van der Waals surface area contributed by atoms with Crippen LogP contribution < -0.4 is 10.1 Å². The molecule has 0 aliphatic heterocycles. The van der Waals surface area contributed by atoms with Gasteiger partial charge in [-0.2, -0.15) is 0 Å². The molecule has 0 fully saturated rings. The fraction of sp³-hybridized carbons (Fsp3) is 0.500. The number of amides is 1. The van der Waals surface area contributed by atoms with Crippen molar-refractivity contribution in [2.45, 2.75) is 32.8 Å². The van der Waals surface area contributed by atoms with Crippen molar-refractivity contribution in [3.05, 3.63) is 29.8 Å². The first-order chi connectivity index (χ1) is 8.67. The number of ether oxygens (including phenoxy) is 1. The van der Waals surface area contributed by atoms with Crippen LogP contribution in [0, 0.1) is 0 Å². The smallest absolute Gasteiger partial charge is 0.251 e. The number of rotatable bonds is 7. The average molecular weight is 251 g/mol. The summed E-state index contributed by atoms with van der Waals surface area (Å²) in [4.78, 5) is 11.7. The standard InChI is InChI=1S/C14H21NO3/c1-3-9-15-14(17)12-4-6-13(7-5-12)18-11(2)8-10-16/h4-7,11,16H,3,8-10H2,1-2H3,(H,15,17). The van der Waals surface area contributed by atoms with Gasteiger partial charge in [0, 0.05) is 25.1 Å². The van der Waals surface area contributed by atoms with Gasteiger partial charge >= 0.3 is 0 Å². The van der Waals surface area contributed by atoms with Crippen molar-refractivity contribution in [3.63, 3.8) is 0 Å². The second kappa shape index (κ2) is 7.71. The van der Waals surface area contributed by atoms with Gasteiger partial charge in [-0.3, -0.25) is 4.79 Å². The maximum Gasteiger partial charge on any atom is 0.251 e. The maximum absolute atomic E-state index is 11.7. The summed E-state index contributed by atoms with van der Waals surface area (Å²) in [6, 6.07) is 7.03.